The molecule has 0 bridgehead atoms. The standard InChI is InChI=1S/C17H27N3O.HI/c1-4-18-16(20-13-17(3)10-5-11-21-17)19-12-15-8-6-14(2)7-9-15;/h6-9H,4-5,10-13H2,1-3H3,(H2,18,19,20);1H. The van der Waals surface area contributed by atoms with E-state index in [1.165, 1.54) is 11.1 Å². The summed E-state index contributed by atoms with van der Waals surface area (Å²) in [5.41, 5.74) is 2.44. The first-order valence-electron chi connectivity index (χ1n) is 7.83. The Morgan fingerprint density at radius 1 is 1.27 bits per heavy atom. The summed E-state index contributed by atoms with van der Waals surface area (Å²) >= 11 is 0. The summed E-state index contributed by atoms with van der Waals surface area (Å²) < 4.78 is 5.80. The third-order valence-corrected chi connectivity index (χ3v) is 3.81. The quantitative estimate of drug-likeness (QED) is 0.439. The van der Waals surface area contributed by atoms with Gasteiger partial charge in [-0.25, -0.2) is 4.99 Å². The molecular weight excluding hydrogens is 389 g/mol. The highest BCUT2D eigenvalue weighted by Gasteiger charge is 2.29. The van der Waals surface area contributed by atoms with E-state index in [-0.39, 0.29) is 29.6 Å². The summed E-state index contributed by atoms with van der Waals surface area (Å²) in [6, 6.07) is 8.50. The number of rotatable bonds is 5. The number of hydrogen-bond acceptors (Lipinski definition) is 2. The zero-order chi connectivity index (χ0) is 15.1. The Bertz CT molecular complexity index is 467. The molecule has 0 aliphatic carbocycles. The molecule has 1 heterocycles. The van der Waals surface area contributed by atoms with E-state index in [1.54, 1.807) is 0 Å². The van der Waals surface area contributed by atoms with Crippen molar-refractivity contribution in [3.8, 4) is 0 Å². The fourth-order valence-corrected chi connectivity index (χ4v) is 2.45. The Labute approximate surface area is 151 Å². The van der Waals surface area contributed by atoms with Crippen molar-refractivity contribution in [3.63, 3.8) is 0 Å². The summed E-state index contributed by atoms with van der Waals surface area (Å²) in [4.78, 5) is 4.64. The molecule has 1 saturated heterocycles. The van der Waals surface area contributed by atoms with Crippen LogP contribution in [-0.4, -0.2) is 31.3 Å². The maximum atomic E-state index is 5.80. The van der Waals surface area contributed by atoms with Crippen LogP contribution in [0.2, 0.25) is 0 Å². The van der Waals surface area contributed by atoms with Crippen LogP contribution in [0.1, 0.15) is 37.8 Å². The van der Waals surface area contributed by atoms with Crippen LogP contribution in [0.3, 0.4) is 0 Å². The Morgan fingerprint density at radius 3 is 2.59 bits per heavy atom. The minimum Gasteiger partial charge on any atom is -0.373 e. The van der Waals surface area contributed by atoms with E-state index in [9.17, 15) is 0 Å². The number of guanidine groups is 1. The number of ether oxygens (including phenoxy) is 1. The molecule has 1 aliphatic rings. The van der Waals surface area contributed by atoms with Crippen molar-refractivity contribution in [2.75, 3.05) is 19.7 Å². The third kappa shape index (κ3) is 6.12. The molecule has 22 heavy (non-hydrogen) atoms. The van der Waals surface area contributed by atoms with Crippen molar-refractivity contribution in [1.29, 1.82) is 0 Å². The van der Waals surface area contributed by atoms with Crippen LogP contribution in [0, 0.1) is 6.92 Å². The molecule has 0 amide bonds. The van der Waals surface area contributed by atoms with E-state index >= 15 is 0 Å². The molecule has 2 rings (SSSR count). The van der Waals surface area contributed by atoms with Gasteiger partial charge in [0.1, 0.15) is 0 Å². The molecule has 1 fully saturated rings. The largest absolute Gasteiger partial charge is 0.373 e. The van der Waals surface area contributed by atoms with Gasteiger partial charge in [-0.15, -0.1) is 24.0 Å². The van der Waals surface area contributed by atoms with E-state index in [4.69, 9.17) is 4.74 Å². The predicted molar refractivity (Wildman–Crippen MR) is 103 cm³/mol. The highest BCUT2D eigenvalue weighted by atomic mass is 127. The van der Waals surface area contributed by atoms with Crippen molar-refractivity contribution in [2.45, 2.75) is 45.8 Å². The second kappa shape index (κ2) is 9.35. The van der Waals surface area contributed by atoms with Gasteiger partial charge in [0.05, 0.1) is 12.1 Å². The van der Waals surface area contributed by atoms with Gasteiger partial charge in [0, 0.05) is 19.7 Å². The zero-order valence-corrected chi connectivity index (χ0v) is 16.1. The second-order valence-corrected chi connectivity index (χ2v) is 5.94. The molecule has 0 saturated carbocycles. The Hall–Kier alpha value is -0.820. The van der Waals surface area contributed by atoms with Crippen LogP contribution >= 0.6 is 24.0 Å². The lowest BCUT2D eigenvalue weighted by Gasteiger charge is -2.24. The molecule has 0 aromatic heterocycles. The van der Waals surface area contributed by atoms with Gasteiger partial charge in [0.25, 0.3) is 0 Å². The summed E-state index contributed by atoms with van der Waals surface area (Å²) in [7, 11) is 0. The average molecular weight is 417 g/mol. The first-order valence-corrected chi connectivity index (χ1v) is 7.83. The Morgan fingerprint density at radius 2 is 2.00 bits per heavy atom. The van der Waals surface area contributed by atoms with E-state index in [2.05, 4.69) is 60.7 Å². The molecule has 124 valence electrons. The number of aliphatic imine (C=N–C) groups is 1. The van der Waals surface area contributed by atoms with Gasteiger partial charge in [-0.2, -0.15) is 0 Å². The maximum Gasteiger partial charge on any atom is 0.191 e. The maximum absolute atomic E-state index is 5.80. The van der Waals surface area contributed by atoms with Crippen LogP contribution in [0.5, 0.6) is 0 Å². The summed E-state index contributed by atoms with van der Waals surface area (Å²) in [5.74, 6) is 0.856. The van der Waals surface area contributed by atoms with Crippen LogP contribution in [0.4, 0.5) is 0 Å². The Kier molecular flexibility index (Phi) is 8.17. The summed E-state index contributed by atoms with van der Waals surface area (Å²) in [6.45, 7) is 9.56. The molecular formula is C17H28IN3O. The molecule has 0 radical (unpaired) electrons. The molecule has 0 spiro atoms. The molecule has 1 unspecified atom stereocenters. The van der Waals surface area contributed by atoms with Gasteiger partial charge in [0.15, 0.2) is 5.96 Å². The van der Waals surface area contributed by atoms with Crippen molar-refractivity contribution in [2.24, 2.45) is 4.99 Å². The topological polar surface area (TPSA) is 45.7 Å². The predicted octanol–water partition coefficient (Wildman–Crippen LogP) is 3.24. The lowest BCUT2D eigenvalue weighted by molar-refractivity contribution is 0.0243. The molecule has 1 aromatic carbocycles. The van der Waals surface area contributed by atoms with Gasteiger partial charge in [-0.05, 0) is 39.2 Å². The molecule has 1 aliphatic heterocycles. The van der Waals surface area contributed by atoms with Crippen LogP contribution in [0.25, 0.3) is 0 Å². The molecule has 2 N–H and O–H groups in total. The fourth-order valence-electron chi connectivity index (χ4n) is 2.45. The highest BCUT2D eigenvalue weighted by Crippen LogP contribution is 2.23. The van der Waals surface area contributed by atoms with Crippen LogP contribution in [0.15, 0.2) is 29.3 Å². The van der Waals surface area contributed by atoms with Crippen molar-refractivity contribution in [1.82, 2.24) is 10.6 Å². The minimum absolute atomic E-state index is 0. The smallest absolute Gasteiger partial charge is 0.191 e. The number of aryl methyl sites for hydroxylation is 1. The van der Waals surface area contributed by atoms with Gasteiger partial charge in [0.2, 0.25) is 0 Å². The summed E-state index contributed by atoms with van der Waals surface area (Å²) in [6.07, 6.45) is 2.26. The van der Waals surface area contributed by atoms with E-state index < -0.39 is 0 Å². The van der Waals surface area contributed by atoms with Crippen molar-refractivity contribution < 1.29 is 4.74 Å². The first kappa shape index (κ1) is 19.2. The first-order chi connectivity index (χ1) is 10.1. The van der Waals surface area contributed by atoms with E-state index in [0.29, 0.717) is 6.54 Å². The normalized spacial score (nSPS) is 21.3. The number of hydrogen-bond donors (Lipinski definition) is 2. The van der Waals surface area contributed by atoms with Crippen LogP contribution < -0.4 is 10.6 Å². The minimum atomic E-state index is -0.0555. The Balaban J connectivity index is 0.00000242. The average Bonchev–Trinajstić information content (AvgIpc) is 2.91. The van der Waals surface area contributed by atoms with Gasteiger partial charge in [-0.1, -0.05) is 29.8 Å². The van der Waals surface area contributed by atoms with E-state index in [0.717, 1.165) is 38.5 Å². The number of benzene rings is 1. The molecule has 1 atom stereocenters. The monoisotopic (exact) mass is 417 g/mol. The lowest BCUT2D eigenvalue weighted by Crippen LogP contribution is -2.45. The lowest BCUT2D eigenvalue weighted by atomic mass is 10.0. The van der Waals surface area contributed by atoms with Gasteiger partial charge >= 0.3 is 0 Å². The van der Waals surface area contributed by atoms with Gasteiger partial charge < -0.3 is 15.4 Å². The molecule has 1 aromatic rings. The molecule has 4 nitrogen and oxygen atoms in total. The number of nitrogens with one attached hydrogen (secondary N) is 2. The second-order valence-electron chi connectivity index (χ2n) is 5.94. The zero-order valence-electron chi connectivity index (χ0n) is 13.8. The SMILES string of the molecule is CCNC(=NCc1ccc(C)cc1)NCC1(C)CCCO1.I. The highest BCUT2D eigenvalue weighted by molar-refractivity contribution is 14.0. The van der Waals surface area contributed by atoms with Crippen LogP contribution in [-0.2, 0) is 11.3 Å². The van der Waals surface area contributed by atoms with Gasteiger partial charge in [-0.3, -0.25) is 0 Å². The summed E-state index contributed by atoms with van der Waals surface area (Å²) in [5, 5.41) is 6.69. The fraction of sp³-hybridized carbons (Fsp3) is 0.588. The van der Waals surface area contributed by atoms with Crippen molar-refractivity contribution >= 4 is 29.9 Å². The molecule has 5 heteroatoms. The van der Waals surface area contributed by atoms with E-state index in [1.807, 2.05) is 0 Å². The number of halogens is 1. The number of nitrogens with zero attached hydrogens (tertiary/aromatic N) is 1. The third-order valence-electron chi connectivity index (χ3n) is 3.81. The van der Waals surface area contributed by atoms with Crippen molar-refractivity contribution in [3.05, 3.63) is 35.4 Å².